The Morgan fingerprint density at radius 1 is 1.37 bits per heavy atom. The zero-order chi connectivity index (χ0) is 19.7. The van der Waals surface area contributed by atoms with Crippen LogP contribution in [0.2, 0.25) is 5.02 Å². The predicted molar refractivity (Wildman–Crippen MR) is 98.4 cm³/mol. The molecule has 1 aliphatic rings. The SMILES string of the molecule is Cc1oc(CN(C)C(=O)c2ccc(Cl)c(N3CCNC3=O)c2)cc1C(=O)O. The highest BCUT2D eigenvalue weighted by Gasteiger charge is 2.25. The average Bonchev–Trinajstić information content (AvgIpc) is 3.20. The molecule has 2 N–H and O–H groups in total. The topological polar surface area (TPSA) is 103 Å². The summed E-state index contributed by atoms with van der Waals surface area (Å²) in [6.07, 6.45) is 0. The lowest BCUT2D eigenvalue weighted by atomic mass is 10.1. The van der Waals surface area contributed by atoms with Crippen molar-refractivity contribution in [2.75, 3.05) is 25.0 Å². The van der Waals surface area contributed by atoms with Gasteiger partial charge in [-0.2, -0.15) is 0 Å². The number of hydrogen-bond donors (Lipinski definition) is 2. The molecule has 2 aromatic rings. The van der Waals surface area contributed by atoms with Crippen LogP contribution in [0.1, 0.15) is 32.2 Å². The van der Waals surface area contributed by atoms with Crippen molar-refractivity contribution in [3.63, 3.8) is 0 Å². The Bertz CT molecular complexity index is 924. The van der Waals surface area contributed by atoms with Gasteiger partial charge in [0.05, 0.1) is 17.3 Å². The van der Waals surface area contributed by atoms with E-state index < -0.39 is 5.97 Å². The number of aromatic carboxylic acids is 1. The van der Waals surface area contributed by atoms with Gasteiger partial charge in [-0.1, -0.05) is 11.6 Å². The molecule has 1 aliphatic heterocycles. The van der Waals surface area contributed by atoms with Gasteiger partial charge in [-0.25, -0.2) is 9.59 Å². The van der Waals surface area contributed by atoms with Crippen LogP contribution in [0.4, 0.5) is 10.5 Å². The summed E-state index contributed by atoms with van der Waals surface area (Å²) in [5.41, 5.74) is 0.894. The van der Waals surface area contributed by atoms with Crippen LogP contribution in [0, 0.1) is 6.92 Å². The molecule has 27 heavy (non-hydrogen) atoms. The van der Waals surface area contributed by atoms with Gasteiger partial charge in [0, 0.05) is 25.7 Å². The minimum absolute atomic E-state index is 0.0691. The largest absolute Gasteiger partial charge is 0.478 e. The van der Waals surface area contributed by atoms with E-state index >= 15 is 0 Å². The number of carboxylic acids is 1. The second-order valence-electron chi connectivity index (χ2n) is 6.20. The summed E-state index contributed by atoms with van der Waals surface area (Å²) < 4.78 is 5.41. The van der Waals surface area contributed by atoms with Crippen molar-refractivity contribution in [2.45, 2.75) is 13.5 Å². The average molecular weight is 392 g/mol. The molecule has 0 radical (unpaired) electrons. The van der Waals surface area contributed by atoms with E-state index in [1.807, 2.05) is 0 Å². The van der Waals surface area contributed by atoms with Crippen LogP contribution in [-0.2, 0) is 6.54 Å². The summed E-state index contributed by atoms with van der Waals surface area (Å²) in [4.78, 5) is 38.6. The van der Waals surface area contributed by atoms with E-state index in [2.05, 4.69) is 5.32 Å². The smallest absolute Gasteiger partial charge is 0.339 e. The number of nitrogens with one attached hydrogen (secondary N) is 1. The lowest BCUT2D eigenvalue weighted by Gasteiger charge is -2.19. The third kappa shape index (κ3) is 3.75. The van der Waals surface area contributed by atoms with Crippen molar-refractivity contribution < 1.29 is 23.9 Å². The van der Waals surface area contributed by atoms with Crippen molar-refractivity contribution in [3.8, 4) is 0 Å². The molecule has 142 valence electrons. The Morgan fingerprint density at radius 2 is 2.11 bits per heavy atom. The molecule has 0 aliphatic carbocycles. The number of anilines is 1. The molecule has 0 spiro atoms. The van der Waals surface area contributed by atoms with Crippen molar-refractivity contribution in [1.29, 1.82) is 0 Å². The molecular formula is C18H18ClN3O5. The molecule has 2 heterocycles. The van der Waals surface area contributed by atoms with Gasteiger partial charge in [-0.3, -0.25) is 9.69 Å². The van der Waals surface area contributed by atoms with Gasteiger partial charge >= 0.3 is 12.0 Å². The second kappa shape index (κ2) is 7.32. The Kier molecular flexibility index (Phi) is 5.09. The summed E-state index contributed by atoms with van der Waals surface area (Å²) in [7, 11) is 1.58. The first-order valence-electron chi connectivity index (χ1n) is 8.21. The lowest BCUT2D eigenvalue weighted by molar-refractivity contribution is 0.0694. The lowest BCUT2D eigenvalue weighted by Crippen LogP contribution is -2.29. The number of carboxylic acid groups (broad SMARTS) is 1. The van der Waals surface area contributed by atoms with Crippen molar-refractivity contribution in [2.24, 2.45) is 0 Å². The van der Waals surface area contributed by atoms with Crippen molar-refractivity contribution >= 4 is 35.2 Å². The zero-order valence-electron chi connectivity index (χ0n) is 14.8. The maximum atomic E-state index is 12.7. The molecular weight excluding hydrogens is 374 g/mol. The van der Waals surface area contributed by atoms with Crippen LogP contribution >= 0.6 is 11.6 Å². The van der Waals surface area contributed by atoms with Crippen LogP contribution in [0.5, 0.6) is 0 Å². The van der Waals surface area contributed by atoms with Gasteiger partial charge in [0.1, 0.15) is 17.1 Å². The van der Waals surface area contributed by atoms with E-state index in [1.165, 1.54) is 15.9 Å². The maximum absolute atomic E-state index is 12.7. The molecule has 0 bridgehead atoms. The number of carbonyl (C=O) groups excluding carboxylic acids is 2. The zero-order valence-corrected chi connectivity index (χ0v) is 15.5. The molecule has 1 aromatic heterocycles. The second-order valence-corrected chi connectivity index (χ2v) is 6.61. The molecule has 3 rings (SSSR count). The summed E-state index contributed by atoms with van der Waals surface area (Å²) in [5.74, 6) is -0.734. The number of nitrogens with zero attached hydrogens (tertiary/aromatic N) is 2. The number of benzene rings is 1. The van der Waals surface area contributed by atoms with Crippen LogP contribution in [0.15, 0.2) is 28.7 Å². The first kappa shape index (κ1) is 18.8. The molecule has 1 aromatic carbocycles. The summed E-state index contributed by atoms with van der Waals surface area (Å²) >= 11 is 6.19. The van der Waals surface area contributed by atoms with Gasteiger partial charge in [0.15, 0.2) is 0 Å². The number of amides is 3. The highest BCUT2D eigenvalue weighted by atomic mass is 35.5. The Labute approximate surface area is 160 Å². The van der Waals surface area contributed by atoms with Gasteiger partial charge in [0.25, 0.3) is 5.91 Å². The first-order chi connectivity index (χ1) is 12.8. The Hall–Kier alpha value is -3.00. The standard InChI is InChI=1S/C18H18ClN3O5/c1-10-13(17(24)25)8-12(27-10)9-21(2)16(23)11-3-4-14(19)15(7-11)22-6-5-20-18(22)26/h3-4,7-8H,5-6,9H2,1-2H3,(H,20,26)(H,24,25). The fraction of sp³-hybridized carbons (Fsp3) is 0.278. The van der Waals surface area contributed by atoms with Gasteiger partial charge < -0.3 is 19.7 Å². The fourth-order valence-electron chi connectivity index (χ4n) is 2.91. The summed E-state index contributed by atoms with van der Waals surface area (Å²) in [6.45, 7) is 2.64. The Morgan fingerprint density at radius 3 is 2.70 bits per heavy atom. The minimum atomic E-state index is -1.08. The third-order valence-electron chi connectivity index (χ3n) is 4.28. The van der Waals surface area contributed by atoms with Crippen LogP contribution < -0.4 is 10.2 Å². The van der Waals surface area contributed by atoms with Crippen molar-refractivity contribution in [3.05, 3.63) is 51.9 Å². The number of furan rings is 1. The predicted octanol–water partition coefficient (Wildman–Crippen LogP) is 2.74. The van der Waals surface area contributed by atoms with Crippen LogP contribution in [0.3, 0.4) is 0 Å². The number of carbonyl (C=O) groups is 3. The summed E-state index contributed by atoms with van der Waals surface area (Å²) in [6, 6.07) is 5.87. The maximum Gasteiger partial charge on any atom is 0.339 e. The highest BCUT2D eigenvalue weighted by Crippen LogP contribution is 2.29. The van der Waals surface area contributed by atoms with Crippen molar-refractivity contribution in [1.82, 2.24) is 10.2 Å². The number of rotatable bonds is 5. The number of aryl methyl sites for hydroxylation is 1. The number of halogens is 1. The van der Waals surface area contributed by atoms with Crippen LogP contribution in [0.25, 0.3) is 0 Å². The van der Waals surface area contributed by atoms with E-state index in [0.29, 0.717) is 35.1 Å². The molecule has 0 atom stereocenters. The summed E-state index contributed by atoms with van der Waals surface area (Å²) in [5, 5.41) is 12.2. The molecule has 9 heteroatoms. The van der Waals surface area contributed by atoms with Gasteiger partial charge in [0.2, 0.25) is 0 Å². The molecule has 0 unspecified atom stereocenters. The number of urea groups is 1. The van der Waals surface area contributed by atoms with Crippen LogP contribution in [-0.4, -0.2) is 48.1 Å². The van der Waals surface area contributed by atoms with E-state index in [1.54, 1.807) is 32.2 Å². The normalized spacial score (nSPS) is 13.6. The highest BCUT2D eigenvalue weighted by molar-refractivity contribution is 6.34. The third-order valence-corrected chi connectivity index (χ3v) is 4.60. The molecule has 1 saturated heterocycles. The molecule has 1 fully saturated rings. The van der Waals surface area contributed by atoms with E-state index in [4.69, 9.17) is 21.1 Å². The van der Waals surface area contributed by atoms with E-state index in [0.717, 1.165) is 0 Å². The van der Waals surface area contributed by atoms with Gasteiger partial charge in [-0.15, -0.1) is 0 Å². The fourth-order valence-corrected chi connectivity index (χ4v) is 3.13. The first-order valence-corrected chi connectivity index (χ1v) is 8.58. The Balaban J connectivity index is 1.80. The van der Waals surface area contributed by atoms with E-state index in [-0.39, 0.29) is 29.8 Å². The molecule has 8 nitrogen and oxygen atoms in total. The molecule has 3 amide bonds. The van der Waals surface area contributed by atoms with E-state index in [9.17, 15) is 14.4 Å². The monoisotopic (exact) mass is 391 g/mol. The quantitative estimate of drug-likeness (QED) is 0.815. The molecule has 0 saturated carbocycles. The minimum Gasteiger partial charge on any atom is -0.478 e. The number of hydrogen-bond acceptors (Lipinski definition) is 4. The van der Waals surface area contributed by atoms with Gasteiger partial charge in [-0.05, 0) is 31.2 Å².